The van der Waals surface area contributed by atoms with E-state index in [2.05, 4.69) is 4.72 Å². The van der Waals surface area contributed by atoms with Gasteiger partial charge in [0.1, 0.15) is 23.9 Å². The molecule has 0 heterocycles. The van der Waals surface area contributed by atoms with E-state index in [0.29, 0.717) is 11.5 Å². The Morgan fingerprint density at radius 3 is 1.83 bits per heavy atom. The predicted molar refractivity (Wildman–Crippen MR) is 91.3 cm³/mol. The summed E-state index contributed by atoms with van der Waals surface area (Å²) in [5, 5.41) is 0. The van der Waals surface area contributed by atoms with Crippen molar-refractivity contribution >= 4 is 10.0 Å². The van der Waals surface area contributed by atoms with Crippen molar-refractivity contribution in [3.8, 4) is 17.2 Å². The highest BCUT2D eigenvalue weighted by molar-refractivity contribution is 7.89. The highest BCUT2D eigenvalue weighted by Crippen LogP contribution is 2.18. The van der Waals surface area contributed by atoms with Crippen LogP contribution < -0.4 is 18.9 Å². The molecule has 130 valence electrons. The molecular weight excluding hydrogens is 330 g/mol. The van der Waals surface area contributed by atoms with Crippen LogP contribution in [0.1, 0.15) is 6.92 Å². The first-order valence-corrected chi connectivity index (χ1v) is 8.86. The van der Waals surface area contributed by atoms with E-state index in [-0.39, 0.29) is 17.5 Å². The minimum Gasteiger partial charge on any atom is -0.497 e. The third-order valence-electron chi connectivity index (χ3n) is 3.29. The summed E-state index contributed by atoms with van der Waals surface area (Å²) in [5.74, 6) is 1.98. The molecule has 0 saturated carbocycles. The second kappa shape index (κ2) is 8.03. The molecule has 0 fully saturated rings. The van der Waals surface area contributed by atoms with Crippen LogP contribution in [-0.4, -0.2) is 35.3 Å². The number of ether oxygens (including phenoxy) is 3. The molecule has 0 aromatic heterocycles. The molecule has 0 unspecified atom stereocenters. The molecule has 6 nitrogen and oxygen atoms in total. The lowest BCUT2D eigenvalue weighted by atomic mass is 10.3. The standard InChI is InChI=1S/C17H21NO5S/c1-13(12-23-16-6-4-14(21-2)5-7-16)18-24(19,20)17-10-8-15(22-3)9-11-17/h4-11,13,18H,12H2,1-3H3/t13-/m1/s1. The van der Waals surface area contributed by atoms with Crippen molar-refractivity contribution in [2.75, 3.05) is 20.8 Å². The molecule has 0 aliphatic heterocycles. The van der Waals surface area contributed by atoms with Gasteiger partial charge in [-0.25, -0.2) is 13.1 Å². The Morgan fingerprint density at radius 2 is 1.33 bits per heavy atom. The van der Waals surface area contributed by atoms with Gasteiger partial charge in [-0.1, -0.05) is 0 Å². The Balaban J connectivity index is 1.93. The first kappa shape index (κ1) is 18.1. The fourth-order valence-electron chi connectivity index (χ4n) is 2.01. The Bertz CT molecular complexity index is 742. The molecule has 2 rings (SSSR count). The topological polar surface area (TPSA) is 73.9 Å². The van der Waals surface area contributed by atoms with Crippen molar-refractivity contribution in [2.24, 2.45) is 0 Å². The van der Waals surface area contributed by atoms with Crippen molar-refractivity contribution in [1.29, 1.82) is 0 Å². The van der Waals surface area contributed by atoms with Crippen molar-refractivity contribution in [2.45, 2.75) is 17.9 Å². The van der Waals surface area contributed by atoms with Crippen LogP contribution in [0.2, 0.25) is 0 Å². The molecule has 0 aliphatic carbocycles. The van der Waals surface area contributed by atoms with Crippen molar-refractivity contribution in [3.63, 3.8) is 0 Å². The molecule has 0 aliphatic rings. The third kappa shape index (κ3) is 4.87. The minimum atomic E-state index is -3.61. The highest BCUT2D eigenvalue weighted by atomic mass is 32.2. The van der Waals surface area contributed by atoms with E-state index in [0.717, 1.165) is 5.75 Å². The van der Waals surface area contributed by atoms with Crippen LogP contribution in [0.5, 0.6) is 17.2 Å². The molecule has 1 N–H and O–H groups in total. The lowest BCUT2D eigenvalue weighted by Crippen LogP contribution is -2.36. The second-order valence-corrected chi connectivity index (χ2v) is 6.90. The van der Waals surface area contributed by atoms with Gasteiger partial charge in [-0.05, 0) is 55.5 Å². The van der Waals surface area contributed by atoms with Gasteiger partial charge in [-0.3, -0.25) is 0 Å². The van der Waals surface area contributed by atoms with E-state index < -0.39 is 10.0 Å². The Hall–Kier alpha value is -2.25. The average molecular weight is 351 g/mol. The van der Waals surface area contributed by atoms with Crippen molar-refractivity contribution in [3.05, 3.63) is 48.5 Å². The average Bonchev–Trinajstić information content (AvgIpc) is 2.60. The smallest absolute Gasteiger partial charge is 0.240 e. The van der Waals surface area contributed by atoms with Gasteiger partial charge in [0.05, 0.1) is 25.2 Å². The molecule has 24 heavy (non-hydrogen) atoms. The maximum absolute atomic E-state index is 12.3. The van der Waals surface area contributed by atoms with Crippen LogP contribution in [0.25, 0.3) is 0 Å². The Labute approximate surface area is 142 Å². The number of sulfonamides is 1. The minimum absolute atomic E-state index is 0.180. The summed E-state index contributed by atoms with van der Waals surface area (Å²) < 4.78 is 42.9. The third-order valence-corrected chi connectivity index (χ3v) is 4.89. The maximum Gasteiger partial charge on any atom is 0.240 e. The molecule has 2 aromatic rings. The second-order valence-electron chi connectivity index (χ2n) is 5.18. The SMILES string of the molecule is COc1ccc(OC[C@@H](C)NS(=O)(=O)c2ccc(OC)cc2)cc1. The van der Waals surface area contributed by atoms with Crippen LogP contribution >= 0.6 is 0 Å². The van der Waals surface area contributed by atoms with Gasteiger partial charge in [-0.2, -0.15) is 0 Å². The monoisotopic (exact) mass is 351 g/mol. The summed E-state index contributed by atoms with van der Waals surface area (Å²) in [6.45, 7) is 1.95. The number of rotatable bonds is 8. The van der Waals surface area contributed by atoms with Crippen LogP contribution in [0, 0.1) is 0 Å². The predicted octanol–water partition coefficient (Wildman–Crippen LogP) is 2.45. The first-order valence-electron chi connectivity index (χ1n) is 7.38. The van der Waals surface area contributed by atoms with E-state index in [1.54, 1.807) is 50.4 Å². The van der Waals surface area contributed by atoms with E-state index >= 15 is 0 Å². The largest absolute Gasteiger partial charge is 0.497 e. The summed E-state index contributed by atoms with van der Waals surface area (Å²) >= 11 is 0. The Morgan fingerprint density at radius 1 is 0.875 bits per heavy atom. The van der Waals surface area contributed by atoms with Crippen LogP contribution in [0.4, 0.5) is 0 Å². The fraction of sp³-hybridized carbons (Fsp3) is 0.294. The van der Waals surface area contributed by atoms with Gasteiger partial charge in [0.15, 0.2) is 0 Å². The van der Waals surface area contributed by atoms with Gasteiger partial charge in [0.2, 0.25) is 10.0 Å². The molecule has 0 bridgehead atoms. The molecule has 0 spiro atoms. The zero-order valence-corrected chi connectivity index (χ0v) is 14.7. The lowest BCUT2D eigenvalue weighted by molar-refractivity contribution is 0.287. The molecule has 1 atom stereocenters. The van der Waals surface area contributed by atoms with E-state index in [1.165, 1.54) is 19.2 Å². The van der Waals surface area contributed by atoms with Gasteiger partial charge in [-0.15, -0.1) is 0 Å². The number of methoxy groups -OCH3 is 2. The van der Waals surface area contributed by atoms with Crippen LogP contribution in [0.3, 0.4) is 0 Å². The van der Waals surface area contributed by atoms with Gasteiger partial charge in [0.25, 0.3) is 0 Å². The van der Waals surface area contributed by atoms with E-state index in [1.807, 2.05) is 0 Å². The number of hydrogen-bond acceptors (Lipinski definition) is 5. The summed E-state index contributed by atoms with van der Waals surface area (Å²) in [6.07, 6.45) is 0. The fourth-order valence-corrected chi connectivity index (χ4v) is 3.24. The number of nitrogens with one attached hydrogen (secondary N) is 1. The van der Waals surface area contributed by atoms with Crippen molar-refractivity contribution < 1.29 is 22.6 Å². The normalized spacial score (nSPS) is 12.5. The zero-order valence-electron chi connectivity index (χ0n) is 13.9. The van der Waals surface area contributed by atoms with Crippen LogP contribution in [-0.2, 0) is 10.0 Å². The Kier molecular flexibility index (Phi) is 6.05. The zero-order chi connectivity index (χ0) is 17.6. The summed E-state index contributed by atoms with van der Waals surface area (Å²) in [6, 6.07) is 12.9. The molecule has 7 heteroatoms. The van der Waals surface area contributed by atoms with E-state index in [4.69, 9.17) is 14.2 Å². The van der Waals surface area contributed by atoms with Gasteiger partial charge >= 0.3 is 0 Å². The quantitative estimate of drug-likeness (QED) is 0.791. The van der Waals surface area contributed by atoms with Gasteiger partial charge in [0, 0.05) is 0 Å². The van der Waals surface area contributed by atoms with E-state index in [9.17, 15) is 8.42 Å². The molecule has 0 radical (unpaired) electrons. The highest BCUT2D eigenvalue weighted by Gasteiger charge is 2.17. The summed E-state index contributed by atoms with van der Waals surface area (Å²) in [5.41, 5.74) is 0. The van der Waals surface area contributed by atoms with Crippen LogP contribution in [0.15, 0.2) is 53.4 Å². The molecular formula is C17H21NO5S. The lowest BCUT2D eigenvalue weighted by Gasteiger charge is -2.15. The van der Waals surface area contributed by atoms with Gasteiger partial charge < -0.3 is 14.2 Å². The first-order chi connectivity index (χ1) is 11.4. The molecule has 2 aromatic carbocycles. The number of benzene rings is 2. The molecule has 0 saturated heterocycles. The number of hydrogen-bond donors (Lipinski definition) is 1. The molecule has 0 amide bonds. The summed E-state index contributed by atoms with van der Waals surface area (Å²) in [4.78, 5) is 0.180. The summed E-state index contributed by atoms with van der Waals surface area (Å²) in [7, 11) is -0.488. The van der Waals surface area contributed by atoms with Crippen molar-refractivity contribution in [1.82, 2.24) is 4.72 Å². The maximum atomic E-state index is 12.3.